The first kappa shape index (κ1) is 7.61. The number of nitrogens with two attached hydrogens (primary N) is 1. The molecule has 1 aromatic heterocycles. The first-order chi connectivity index (χ1) is 5.66. The largest absolute Gasteiger partial charge is 0.369 e. The molecule has 0 atom stereocenters. The fraction of sp³-hybridized carbons (Fsp3) is 0.125. The molecule has 62 valence electrons. The zero-order chi connectivity index (χ0) is 8.72. The van der Waals surface area contributed by atoms with Crippen LogP contribution in [0.25, 0.3) is 11.0 Å². The molecule has 0 aliphatic carbocycles. The third kappa shape index (κ3) is 1.08. The van der Waals surface area contributed by atoms with Crippen molar-refractivity contribution in [2.24, 2.45) is 0 Å². The van der Waals surface area contributed by atoms with Crippen LogP contribution in [0.4, 0.5) is 5.95 Å². The van der Waals surface area contributed by atoms with Crippen molar-refractivity contribution in [3.05, 3.63) is 22.2 Å². The van der Waals surface area contributed by atoms with Gasteiger partial charge in [0.1, 0.15) is 0 Å². The Balaban J connectivity index is 2.83. The number of aromatic amines is 1. The molecular weight excluding hydrogens is 218 g/mol. The highest BCUT2D eigenvalue weighted by molar-refractivity contribution is 9.10. The second kappa shape index (κ2) is 2.48. The molecule has 0 spiro atoms. The second-order valence-corrected chi connectivity index (χ2v) is 3.59. The van der Waals surface area contributed by atoms with Crippen molar-refractivity contribution >= 4 is 32.9 Å². The number of nitrogen functional groups attached to an aromatic ring is 1. The molecule has 0 aliphatic heterocycles. The van der Waals surface area contributed by atoms with E-state index in [9.17, 15) is 0 Å². The number of hydrogen-bond acceptors (Lipinski definition) is 2. The molecule has 0 saturated carbocycles. The lowest BCUT2D eigenvalue weighted by Crippen LogP contribution is -1.84. The predicted molar refractivity (Wildman–Crippen MR) is 52.9 cm³/mol. The van der Waals surface area contributed by atoms with Crippen LogP contribution in [-0.2, 0) is 0 Å². The molecular formula is C8H8BrN3. The van der Waals surface area contributed by atoms with Crippen molar-refractivity contribution < 1.29 is 0 Å². The lowest BCUT2D eigenvalue weighted by molar-refractivity contribution is 1.35. The van der Waals surface area contributed by atoms with Crippen molar-refractivity contribution in [1.29, 1.82) is 0 Å². The summed E-state index contributed by atoms with van der Waals surface area (Å²) in [6, 6.07) is 3.97. The average molecular weight is 226 g/mol. The van der Waals surface area contributed by atoms with E-state index in [4.69, 9.17) is 5.73 Å². The van der Waals surface area contributed by atoms with Gasteiger partial charge in [0, 0.05) is 4.47 Å². The molecule has 0 unspecified atom stereocenters. The van der Waals surface area contributed by atoms with Crippen molar-refractivity contribution in [2.45, 2.75) is 6.92 Å². The number of anilines is 1. The van der Waals surface area contributed by atoms with Crippen LogP contribution in [0.15, 0.2) is 16.6 Å². The van der Waals surface area contributed by atoms with E-state index in [1.54, 1.807) is 0 Å². The number of H-pyrrole nitrogens is 1. The maximum atomic E-state index is 5.51. The molecule has 1 heterocycles. The fourth-order valence-corrected chi connectivity index (χ4v) is 1.50. The minimum absolute atomic E-state index is 0.461. The first-order valence-corrected chi connectivity index (χ1v) is 4.37. The number of aryl methyl sites for hydroxylation is 1. The molecule has 4 heteroatoms. The van der Waals surface area contributed by atoms with Gasteiger partial charge in [-0.05, 0) is 24.6 Å². The van der Waals surface area contributed by atoms with Gasteiger partial charge in [-0.25, -0.2) is 4.98 Å². The molecule has 3 N–H and O–H groups in total. The topological polar surface area (TPSA) is 54.7 Å². The highest BCUT2D eigenvalue weighted by Crippen LogP contribution is 2.22. The third-order valence-electron chi connectivity index (χ3n) is 1.78. The van der Waals surface area contributed by atoms with Gasteiger partial charge in [-0.1, -0.05) is 15.9 Å². The number of halogens is 1. The maximum absolute atomic E-state index is 5.51. The molecule has 2 aromatic rings. The van der Waals surface area contributed by atoms with Crippen LogP contribution < -0.4 is 5.73 Å². The van der Waals surface area contributed by atoms with Crippen molar-refractivity contribution in [3.63, 3.8) is 0 Å². The van der Waals surface area contributed by atoms with Crippen LogP contribution in [-0.4, -0.2) is 9.97 Å². The van der Waals surface area contributed by atoms with Crippen LogP contribution in [0.3, 0.4) is 0 Å². The summed E-state index contributed by atoms with van der Waals surface area (Å²) < 4.78 is 1.07. The highest BCUT2D eigenvalue weighted by atomic mass is 79.9. The van der Waals surface area contributed by atoms with E-state index >= 15 is 0 Å². The molecule has 0 amide bonds. The monoisotopic (exact) mass is 225 g/mol. The smallest absolute Gasteiger partial charge is 0.198 e. The molecule has 0 saturated heterocycles. The second-order valence-electron chi connectivity index (χ2n) is 2.74. The normalized spacial score (nSPS) is 10.8. The van der Waals surface area contributed by atoms with Gasteiger partial charge in [0.05, 0.1) is 11.0 Å². The number of fused-ring (bicyclic) bond motifs is 1. The Morgan fingerprint density at radius 1 is 1.50 bits per heavy atom. The first-order valence-electron chi connectivity index (χ1n) is 3.58. The number of imidazole rings is 1. The molecule has 12 heavy (non-hydrogen) atoms. The van der Waals surface area contributed by atoms with Gasteiger partial charge in [0.2, 0.25) is 0 Å². The van der Waals surface area contributed by atoms with Crippen molar-refractivity contribution in [3.8, 4) is 0 Å². The van der Waals surface area contributed by atoms with Gasteiger partial charge in [-0.2, -0.15) is 0 Å². The number of aromatic nitrogens is 2. The van der Waals surface area contributed by atoms with E-state index in [1.807, 2.05) is 19.1 Å². The minimum atomic E-state index is 0.461. The van der Waals surface area contributed by atoms with E-state index in [-0.39, 0.29) is 0 Å². The number of benzene rings is 1. The quantitative estimate of drug-likeness (QED) is 0.723. The summed E-state index contributed by atoms with van der Waals surface area (Å²) in [5.74, 6) is 0.461. The molecule has 0 radical (unpaired) electrons. The molecule has 0 aliphatic rings. The van der Waals surface area contributed by atoms with E-state index in [0.717, 1.165) is 21.1 Å². The zero-order valence-corrected chi connectivity index (χ0v) is 8.14. The summed E-state index contributed by atoms with van der Waals surface area (Å²) in [6.45, 7) is 2.02. The van der Waals surface area contributed by atoms with E-state index in [1.165, 1.54) is 0 Å². The standard InChI is InChI=1S/C8H8BrN3/c1-4-2-6-7(3-5(4)9)12-8(10)11-6/h2-3H,1H3,(H3,10,11,12). The van der Waals surface area contributed by atoms with Gasteiger partial charge in [-0.3, -0.25) is 0 Å². The summed E-state index contributed by atoms with van der Waals surface area (Å²) in [5.41, 5.74) is 8.54. The Morgan fingerprint density at radius 3 is 3.00 bits per heavy atom. The van der Waals surface area contributed by atoms with E-state index in [2.05, 4.69) is 25.9 Å². The molecule has 3 nitrogen and oxygen atoms in total. The number of nitrogens with zero attached hydrogens (tertiary/aromatic N) is 1. The molecule has 0 fully saturated rings. The molecule has 2 rings (SSSR count). The van der Waals surface area contributed by atoms with Gasteiger partial charge in [0.15, 0.2) is 5.95 Å². The average Bonchev–Trinajstić information content (AvgIpc) is 2.30. The van der Waals surface area contributed by atoms with Crippen LogP contribution >= 0.6 is 15.9 Å². The Morgan fingerprint density at radius 2 is 2.25 bits per heavy atom. The van der Waals surface area contributed by atoms with Gasteiger partial charge >= 0.3 is 0 Å². The highest BCUT2D eigenvalue weighted by Gasteiger charge is 2.02. The zero-order valence-electron chi connectivity index (χ0n) is 6.56. The predicted octanol–water partition coefficient (Wildman–Crippen LogP) is 2.22. The summed E-state index contributed by atoms with van der Waals surface area (Å²) in [7, 11) is 0. The van der Waals surface area contributed by atoms with Gasteiger partial charge < -0.3 is 10.7 Å². The van der Waals surface area contributed by atoms with Gasteiger partial charge in [-0.15, -0.1) is 0 Å². The number of nitrogens with one attached hydrogen (secondary N) is 1. The Labute approximate surface area is 78.1 Å². The lowest BCUT2D eigenvalue weighted by atomic mass is 10.2. The summed E-state index contributed by atoms with van der Waals surface area (Å²) in [4.78, 5) is 7.08. The SMILES string of the molecule is Cc1cc2nc(N)[nH]c2cc1Br. The summed E-state index contributed by atoms with van der Waals surface area (Å²) in [6.07, 6.45) is 0. The molecule has 1 aromatic carbocycles. The van der Waals surface area contributed by atoms with E-state index < -0.39 is 0 Å². The Hall–Kier alpha value is -1.03. The Bertz CT molecular complexity index is 394. The van der Waals surface area contributed by atoms with Crippen molar-refractivity contribution in [1.82, 2.24) is 9.97 Å². The van der Waals surface area contributed by atoms with E-state index in [0.29, 0.717) is 5.95 Å². The maximum Gasteiger partial charge on any atom is 0.198 e. The number of rotatable bonds is 0. The number of hydrogen-bond donors (Lipinski definition) is 2. The Kier molecular flexibility index (Phi) is 1.58. The van der Waals surface area contributed by atoms with Crippen LogP contribution in [0.1, 0.15) is 5.56 Å². The summed E-state index contributed by atoms with van der Waals surface area (Å²) in [5, 5.41) is 0. The van der Waals surface area contributed by atoms with Gasteiger partial charge in [0.25, 0.3) is 0 Å². The summed E-state index contributed by atoms with van der Waals surface area (Å²) >= 11 is 3.44. The van der Waals surface area contributed by atoms with Crippen LogP contribution in [0, 0.1) is 6.92 Å². The fourth-order valence-electron chi connectivity index (χ4n) is 1.15. The van der Waals surface area contributed by atoms with Crippen LogP contribution in [0.5, 0.6) is 0 Å². The lowest BCUT2D eigenvalue weighted by Gasteiger charge is -1.95. The third-order valence-corrected chi connectivity index (χ3v) is 2.63. The van der Waals surface area contributed by atoms with Crippen molar-refractivity contribution in [2.75, 3.05) is 5.73 Å². The molecule has 0 bridgehead atoms. The minimum Gasteiger partial charge on any atom is -0.369 e. The van der Waals surface area contributed by atoms with Crippen LogP contribution in [0.2, 0.25) is 0 Å².